The average molecular weight is 317 g/mol. The Kier molecular flexibility index (Phi) is 2.84. The molecule has 0 amide bonds. The fourth-order valence-corrected chi connectivity index (χ4v) is 3.32. The van der Waals surface area contributed by atoms with Crippen molar-refractivity contribution in [2.45, 2.75) is 12.5 Å². The number of aromatic nitrogens is 6. The van der Waals surface area contributed by atoms with E-state index in [1.807, 2.05) is 35.0 Å². The molecule has 1 aliphatic heterocycles. The van der Waals surface area contributed by atoms with Gasteiger partial charge in [0, 0.05) is 37.3 Å². The number of hydrogen-bond donors (Lipinski definition) is 1. The number of pyridine rings is 1. The summed E-state index contributed by atoms with van der Waals surface area (Å²) < 4.78 is 1.89. The first-order valence-electron chi connectivity index (χ1n) is 7.90. The zero-order chi connectivity index (χ0) is 15.9. The van der Waals surface area contributed by atoms with Crippen molar-refractivity contribution in [3.05, 3.63) is 72.3 Å². The molecule has 4 aromatic heterocycles. The Morgan fingerprint density at radius 2 is 2.00 bits per heavy atom. The molecule has 0 saturated heterocycles. The van der Waals surface area contributed by atoms with Crippen molar-refractivity contribution in [3.8, 4) is 0 Å². The second kappa shape index (κ2) is 5.16. The predicted molar refractivity (Wildman–Crippen MR) is 88.7 cm³/mol. The van der Waals surface area contributed by atoms with E-state index in [1.165, 1.54) is 0 Å². The molecule has 1 unspecified atom stereocenters. The molecule has 0 radical (unpaired) electrons. The molecule has 1 atom stereocenters. The van der Waals surface area contributed by atoms with Gasteiger partial charge < -0.3 is 9.88 Å². The standard InChI is InChI=1S/C17H15N7/c1-2-8-24-12(4-1)10-14(22-24)16-15-13(20-11-21-15)5-9-23(16)17-18-6-3-7-19-17/h1-4,6-8,10-11,16H,5,9H2,(H,20,21). The molecule has 5 heterocycles. The molecule has 7 heteroatoms. The Morgan fingerprint density at radius 3 is 2.88 bits per heavy atom. The Labute approximate surface area is 138 Å². The zero-order valence-corrected chi connectivity index (χ0v) is 12.9. The second-order valence-electron chi connectivity index (χ2n) is 5.80. The first kappa shape index (κ1) is 13.2. The molecule has 0 saturated carbocycles. The van der Waals surface area contributed by atoms with Crippen molar-refractivity contribution < 1.29 is 0 Å². The van der Waals surface area contributed by atoms with Crippen LogP contribution in [-0.4, -0.2) is 36.1 Å². The topological polar surface area (TPSA) is 75.0 Å². The summed E-state index contributed by atoms with van der Waals surface area (Å²) in [6.07, 6.45) is 8.13. The molecule has 0 aliphatic carbocycles. The maximum atomic E-state index is 4.76. The van der Waals surface area contributed by atoms with Gasteiger partial charge in [0.2, 0.25) is 5.95 Å². The van der Waals surface area contributed by atoms with E-state index in [2.05, 4.69) is 30.9 Å². The molecule has 0 aromatic carbocycles. The van der Waals surface area contributed by atoms with Crippen molar-refractivity contribution in [1.82, 2.24) is 29.5 Å². The van der Waals surface area contributed by atoms with E-state index in [0.717, 1.165) is 35.6 Å². The number of hydrogen-bond acceptors (Lipinski definition) is 5. The highest BCUT2D eigenvalue weighted by Crippen LogP contribution is 2.34. The van der Waals surface area contributed by atoms with Crippen molar-refractivity contribution in [2.75, 3.05) is 11.4 Å². The van der Waals surface area contributed by atoms with E-state index in [9.17, 15) is 0 Å². The minimum atomic E-state index is -0.0951. The number of rotatable bonds is 2. The summed E-state index contributed by atoms with van der Waals surface area (Å²) in [5.74, 6) is 0.702. The molecule has 1 aliphatic rings. The SMILES string of the molecule is c1cnc(N2CCc3[nH]cnc3C2c2cc3ccccn3n2)nc1. The largest absolute Gasteiger partial charge is 0.348 e. The maximum absolute atomic E-state index is 4.76. The molecule has 4 aromatic rings. The zero-order valence-electron chi connectivity index (χ0n) is 12.9. The van der Waals surface area contributed by atoms with Gasteiger partial charge in [-0.25, -0.2) is 19.5 Å². The van der Waals surface area contributed by atoms with Crippen LogP contribution in [0, 0.1) is 0 Å². The average Bonchev–Trinajstić information content (AvgIpc) is 3.28. The second-order valence-corrected chi connectivity index (χ2v) is 5.80. The van der Waals surface area contributed by atoms with Gasteiger partial charge >= 0.3 is 0 Å². The van der Waals surface area contributed by atoms with Crippen molar-refractivity contribution in [3.63, 3.8) is 0 Å². The number of nitrogens with one attached hydrogen (secondary N) is 1. The lowest BCUT2D eigenvalue weighted by Gasteiger charge is -2.33. The van der Waals surface area contributed by atoms with Gasteiger partial charge in [0.15, 0.2) is 0 Å². The highest BCUT2D eigenvalue weighted by Gasteiger charge is 2.34. The van der Waals surface area contributed by atoms with Gasteiger partial charge in [-0.1, -0.05) is 6.07 Å². The first-order chi connectivity index (χ1) is 11.9. The van der Waals surface area contributed by atoms with E-state index in [4.69, 9.17) is 5.10 Å². The summed E-state index contributed by atoms with van der Waals surface area (Å²) in [7, 11) is 0. The van der Waals surface area contributed by atoms with E-state index >= 15 is 0 Å². The summed E-state index contributed by atoms with van der Waals surface area (Å²) >= 11 is 0. The van der Waals surface area contributed by atoms with Crippen LogP contribution in [0.25, 0.3) is 5.52 Å². The number of H-pyrrole nitrogens is 1. The molecular formula is C17H15N7. The molecule has 0 fully saturated rings. The molecule has 0 spiro atoms. The summed E-state index contributed by atoms with van der Waals surface area (Å²) in [5, 5.41) is 4.76. The van der Waals surface area contributed by atoms with Gasteiger partial charge in [-0.05, 0) is 24.3 Å². The molecule has 1 N–H and O–H groups in total. The van der Waals surface area contributed by atoms with Crippen LogP contribution in [0.15, 0.2) is 55.2 Å². The molecule has 7 nitrogen and oxygen atoms in total. The summed E-state index contributed by atoms with van der Waals surface area (Å²) in [6.45, 7) is 0.817. The molecule has 118 valence electrons. The number of anilines is 1. The number of nitrogens with zero attached hydrogens (tertiary/aromatic N) is 6. The smallest absolute Gasteiger partial charge is 0.226 e. The van der Waals surface area contributed by atoms with Crippen LogP contribution in [0.5, 0.6) is 0 Å². The summed E-state index contributed by atoms with van der Waals surface area (Å²) in [6, 6.07) is 9.87. The van der Waals surface area contributed by atoms with Gasteiger partial charge in [0.05, 0.1) is 23.2 Å². The fourth-order valence-electron chi connectivity index (χ4n) is 3.32. The molecule has 5 rings (SSSR count). The number of imidazole rings is 1. The quantitative estimate of drug-likeness (QED) is 0.612. The number of aromatic amines is 1. The van der Waals surface area contributed by atoms with E-state index in [1.54, 1.807) is 18.7 Å². The lowest BCUT2D eigenvalue weighted by Crippen LogP contribution is -2.37. The molecule has 24 heavy (non-hydrogen) atoms. The summed E-state index contributed by atoms with van der Waals surface area (Å²) in [5.41, 5.74) is 4.16. The molecule has 0 bridgehead atoms. The van der Waals surface area contributed by atoms with Gasteiger partial charge in [0.25, 0.3) is 0 Å². The lowest BCUT2D eigenvalue weighted by molar-refractivity contribution is 0.602. The van der Waals surface area contributed by atoms with E-state index in [0.29, 0.717) is 5.95 Å². The van der Waals surface area contributed by atoms with Crippen LogP contribution in [0.4, 0.5) is 5.95 Å². The lowest BCUT2D eigenvalue weighted by atomic mass is 10.0. The van der Waals surface area contributed by atoms with Crippen LogP contribution in [0.1, 0.15) is 23.1 Å². The predicted octanol–water partition coefficient (Wildman–Crippen LogP) is 2.00. The van der Waals surface area contributed by atoms with Gasteiger partial charge in [0.1, 0.15) is 6.04 Å². The van der Waals surface area contributed by atoms with Crippen LogP contribution in [0.2, 0.25) is 0 Å². The Bertz CT molecular complexity index is 955. The Morgan fingerprint density at radius 1 is 1.08 bits per heavy atom. The Hall–Kier alpha value is -3.22. The van der Waals surface area contributed by atoms with Crippen molar-refractivity contribution in [2.24, 2.45) is 0 Å². The van der Waals surface area contributed by atoms with E-state index in [-0.39, 0.29) is 6.04 Å². The highest BCUT2D eigenvalue weighted by molar-refractivity contribution is 5.52. The minimum Gasteiger partial charge on any atom is -0.348 e. The third kappa shape index (κ3) is 1.98. The minimum absolute atomic E-state index is 0.0951. The van der Waals surface area contributed by atoms with Gasteiger partial charge in [-0.2, -0.15) is 5.10 Å². The monoisotopic (exact) mass is 317 g/mol. The van der Waals surface area contributed by atoms with Gasteiger partial charge in [-0.3, -0.25) is 0 Å². The third-order valence-corrected chi connectivity index (χ3v) is 4.40. The molecular weight excluding hydrogens is 302 g/mol. The maximum Gasteiger partial charge on any atom is 0.226 e. The van der Waals surface area contributed by atoms with Crippen LogP contribution >= 0.6 is 0 Å². The van der Waals surface area contributed by atoms with Crippen LogP contribution in [0.3, 0.4) is 0 Å². The Balaban J connectivity index is 1.68. The third-order valence-electron chi connectivity index (χ3n) is 4.40. The normalized spacial score (nSPS) is 17.2. The summed E-state index contributed by atoms with van der Waals surface area (Å²) in [4.78, 5) is 18.8. The van der Waals surface area contributed by atoms with E-state index < -0.39 is 0 Å². The van der Waals surface area contributed by atoms with Crippen LogP contribution < -0.4 is 4.90 Å². The van der Waals surface area contributed by atoms with Crippen LogP contribution in [-0.2, 0) is 6.42 Å². The first-order valence-corrected chi connectivity index (χ1v) is 7.90. The van der Waals surface area contributed by atoms with Gasteiger partial charge in [-0.15, -0.1) is 0 Å². The number of fused-ring (bicyclic) bond motifs is 2. The fraction of sp³-hybridized carbons (Fsp3) is 0.176. The van der Waals surface area contributed by atoms with Crippen molar-refractivity contribution in [1.29, 1.82) is 0 Å². The highest BCUT2D eigenvalue weighted by atomic mass is 15.3. The van der Waals surface area contributed by atoms with Crippen molar-refractivity contribution >= 4 is 11.5 Å².